The standard InChI is InChI=1S/C11H18N2S.ClH/c12-8-10-3-5-13(6-4-10)9-11-2-1-7-14-11;/h1-2,7,10H,3-6,8-9,12H2;1H. The third kappa shape index (κ3) is 3.76. The molecule has 2 heterocycles. The molecule has 0 aliphatic carbocycles. The van der Waals surface area contributed by atoms with E-state index in [1.807, 2.05) is 11.3 Å². The summed E-state index contributed by atoms with van der Waals surface area (Å²) in [6.07, 6.45) is 2.56. The van der Waals surface area contributed by atoms with E-state index in [1.54, 1.807) is 0 Å². The van der Waals surface area contributed by atoms with Crippen molar-refractivity contribution < 1.29 is 0 Å². The van der Waals surface area contributed by atoms with E-state index >= 15 is 0 Å². The Morgan fingerprint density at radius 1 is 1.40 bits per heavy atom. The van der Waals surface area contributed by atoms with E-state index in [9.17, 15) is 0 Å². The van der Waals surface area contributed by atoms with Gasteiger partial charge in [0.05, 0.1) is 0 Å². The molecule has 0 saturated carbocycles. The Kier molecular flexibility index (Phi) is 5.61. The maximum absolute atomic E-state index is 5.67. The predicted octanol–water partition coefficient (Wildman–Crippen LogP) is 2.34. The number of piperidine rings is 1. The highest BCUT2D eigenvalue weighted by Crippen LogP contribution is 2.19. The molecule has 86 valence electrons. The lowest BCUT2D eigenvalue weighted by Gasteiger charge is -2.30. The number of likely N-dealkylation sites (tertiary alicyclic amines) is 1. The second kappa shape index (κ2) is 6.48. The minimum atomic E-state index is 0. The van der Waals surface area contributed by atoms with Crippen molar-refractivity contribution in [3.63, 3.8) is 0 Å². The molecular weight excluding hydrogens is 228 g/mol. The fourth-order valence-corrected chi connectivity index (χ4v) is 2.75. The molecule has 0 spiro atoms. The Morgan fingerprint density at radius 3 is 2.67 bits per heavy atom. The van der Waals surface area contributed by atoms with Crippen LogP contribution in [0.3, 0.4) is 0 Å². The molecular formula is C11H19ClN2S. The summed E-state index contributed by atoms with van der Waals surface area (Å²) >= 11 is 1.86. The first-order valence-electron chi connectivity index (χ1n) is 5.33. The average molecular weight is 247 g/mol. The summed E-state index contributed by atoms with van der Waals surface area (Å²) < 4.78 is 0. The molecule has 0 aromatic carbocycles. The zero-order valence-electron chi connectivity index (χ0n) is 8.89. The molecule has 1 aromatic heterocycles. The van der Waals surface area contributed by atoms with Gasteiger partial charge in [-0.2, -0.15) is 0 Å². The zero-order chi connectivity index (χ0) is 9.80. The molecule has 0 atom stereocenters. The SMILES string of the molecule is Cl.NCC1CCN(Cc2cccs2)CC1. The van der Waals surface area contributed by atoms with Gasteiger partial charge in [-0.05, 0) is 49.8 Å². The van der Waals surface area contributed by atoms with Gasteiger partial charge >= 0.3 is 0 Å². The monoisotopic (exact) mass is 246 g/mol. The van der Waals surface area contributed by atoms with Crippen LogP contribution in [0.1, 0.15) is 17.7 Å². The Hall–Kier alpha value is -0.0900. The second-order valence-electron chi connectivity index (χ2n) is 4.03. The average Bonchev–Trinajstić information content (AvgIpc) is 2.72. The molecule has 15 heavy (non-hydrogen) atoms. The Labute approximate surface area is 102 Å². The largest absolute Gasteiger partial charge is 0.330 e. The van der Waals surface area contributed by atoms with Gasteiger partial charge < -0.3 is 5.73 Å². The summed E-state index contributed by atoms with van der Waals surface area (Å²) in [6, 6.07) is 4.35. The van der Waals surface area contributed by atoms with Gasteiger partial charge in [0.2, 0.25) is 0 Å². The number of thiophene rings is 1. The number of halogens is 1. The summed E-state index contributed by atoms with van der Waals surface area (Å²) in [7, 11) is 0. The lowest BCUT2D eigenvalue weighted by Crippen LogP contribution is -2.35. The van der Waals surface area contributed by atoms with Crippen LogP contribution in [0.15, 0.2) is 17.5 Å². The number of nitrogens with zero attached hydrogens (tertiary/aromatic N) is 1. The minimum absolute atomic E-state index is 0. The van der Waals surface area contributed by atoms with E-state index in [1.165, 1.54) is 30.8 Å². The molecule has 1 fully saturated rings. The summed E-state index contributed by atoms with van der Waals surface area (Å²) in [5.74, 6) is 0.773. The van der Waals surface area contributed by atoms with Crippen molar-refractivity contribution >= 4 is 23.7 Å². The van der Waals surface area contributed by atoms with Gasteiger partial charge in [0.1, 0.15) is 0 Å². The second-order valence-corrected chi connectivity index (χ2v) is 5.07. The summed E-state index contributed by atoms with van der Waals surface area (Å²) in [6.45, 7) is 4.45. The van der Waals surface area contributed by atoms with Gasteiger partial charge in [-0.1, -0.05) is 6.07 Å². The van der Waals surface area contributed by atoms with E-state index in [2.05, 4.69) is 22.4 Å². The first kappa shape index (κ1) is 13.0. The fraction of sp³-hybridized carbons (Fsp3) is 0.636. The van der Waals surface area contributed by atoms with E-state index < -0.39 is 0 Å². The highest BCUT2D eigenvalue weighted by Gasteiger charge is 2.17. The Balaban J connectivity index is 0.00000112. The molecule has 1 saturated heterocycles. The molecule has 2 N–H and O–H groups in total. The van der Waals surface area contributed by atoms with Crippen molar-refractivity contribution in [3.05, 3.63) is 22.4 Å². The van der Waals surface area contributed by atoms with Crippen LogP contribution in [0.5, 0.6) is 0 Å². The predicted molar refractivity (Wildman–Crippen MR) is 68.6 cm³/mol. The molecule has 0 unspecified atom stereocenters. The van der Waals surface area contributed by atoms with Gasteiger partial charge in [-0.3, -0.25) is 4.90 Å². The lowest BCUT2D eigenvalue weighted by molar-refractivity contribution is 0.182. The summed E-state index contributed by atoms with van der Waals surface area (Å²) in [5, 5.41) is 2.15. The van der Waals surface area contributed by atoms with Crippen LogP contribution >= 0.6 is 23.7 Å². The summed E-state index contributed by atoms with van der Waals surface area (Å²) in [4.78, 5) is 4.02. The number of nitrogens with two attached hydrogens (primary N) is 1. The van der Waals surface area contributed by atoms with Gasteiger partial charge in [-0.25, -0.2) is 0 Å². The normalized spacial score (nSPS) is 18.7. The Morgan fingerprint density at radius 2 is 2.13 bits per heavy atom. The molecule has 4 heteroatoms. The van der Waals surface area contributed by atoms with Crippen LogP contribution in [0.25, 0.3) is 0 Å². The van der Waals surface area contributed by atoms with E-state index in [0.717, 1.165) is 19.0 Å². The highest BCUT2D eigenvalue weighted by molar-refractivity contribution is 7.09. The van der Waals surface area contributed by atoms with Crippen LogP contribution < -0.4 is 5.73 Å². The quantitative estimate of drug-likeness (QED) is 0.887. The van der Waals surface area contributed by atoms with Crippen molar-refractivity contribution in [1.82, 2.24) is 4.90 Å². The third-order valence-corrected chi connectivity index (χ3v) is 3.86. The van der Waals surface area contributed by atoms with Crippen molar-refractivity contribution in [2.75, 3.05) is 19.6 Å². The maximum Gasteiger partial charge on any atom is 0.0327 e. The van der Waals surface area contributed by atoms with Gasteiger partial charge in [-0.15, -0.1) is 23.7 Å². The van der Waals surface area contributed by atoms with E-state index in [4.69, 9.17) is 5.73 Å². The van der Waals surface area contributed by atoms with E-state index in [0.29, 0.717) is 0 Å². The van der Waals surface area contributed by atoms with E-state index in [-0.39, 0.29) is 12.4 Å². The topological polar surface area (TPSA) is 29.3 Å². The lowest BCUT2D eigenvalue weighted by atomic mass is 9.97. The molecule has 2 rings (SSSR count). The molecule has 2 nitrogen and oxygen atoms in total. The molecule has 1 aliphatic heterocycles. The van der Waals surface area contributed by atoms with Crippen molar-refractivity contribution in [1.29, 1.82) is 0 Å². The van der Waals surface area contributed by atoms with Gasteiger partial charge in [0.15, 0.2) is 0 Å². The summed E-state index contributed by atoms with van der Waals surface area (Å²) in [5.41, 5.74) is 5.67. The fourth-order valence-electron chi connectivity index (χ4n) is 2.00. The Bertz CT molecular complexity index is 256. The molecule has 1 aliphatic rings. The zero-order valence-corrected chi connectivity index (χ0v) is 10.5. The van der Waals surface area contributed by atoms with Crippen molar-refractivity contribution in [2.24, 2.45) is 11.7 Å². The first-order valence-corrected chi connectivity index (χ1v) is 6.21. The van der Waals surface area contributed by atoms with Crippen LogP contribution in [-0.4, -0.2) is 24.5 Å². The van der Waals surface area contributed by atoms with Crippen LogP contribution in [-0.2, 0) is 6.54 Å². The molecule has 1 aromatic rings. The number of hydrogen-bond acceptors (Lipinski definition) is 3. The smallest absolute Gasteiger partial charge is 0.0327 e. The third-order valence-electron chi connectivity index (χ3n) is 3.00. The molecule has 0 bridgehead atoms. The first-order chi connectivity index (χ1) is 6.88. The van der Waals surface area contributed by atoms with Crippen LogP contribution in [0.2, 0.25) is 0 Å². The molecule has 0 radical (unpaired) electrons. The number of hydrogen-bond donors (Lipinski definition) is 1. The minimum Gasteiger partial charge on any atom is -0.330 e. The highest BCUT2D eigenvalue weighted by atomic mass is 35.5. The maximum atomic E-state index is 5.67. The number of rotatable bonds is 3. The van der Waals surface area contributed by atoms with Gasteiger partial charge in [0, 0.05) is 11.4 Å². The van der Waals surface area contributed by atoms with Crippen molar-refractivity contribution in [3.8, 4) is 0 Å². The van der Waals surface area contributed by atoms with Crippen molar-refractivity contribution in [2.45, 2.75) is 19.4 Å². The van der Waals surface area contributed by atoms with Crippen LogP contribution in [0, 0.1) is 5.92 Å². The molecule has 0 amide bonds. The van der Waals surface area contributed by atoms with Crippen LogP contribution in [0.4, 0.5) is 0 Å². The van der Waals surface area contributed by atoms with Gasteiger partial charge in [0.25, 0.3) is 0 Å².